The van der Waals surface area contributed by atoms with Crippen molar-refractivity contribution in [2.24, 2.45) is 0 Å². The van der Waals surface area contributed by atoms with Crippen molar-refractivity contribution >= 4 is 38.9 Å². The Balaban J connectivity index is 1.34. The molecule has 2 aliphatic rings. The molecule has 8 heteroatoms. The van der Waals surface area contributed by atoms with Crippen LogP contribution >= 0.6 is 11.6 Å². The zero-order valence-corrected chi connectivity index (χ0v) is 20.5. The van der Waals surface area contributed by atoms with Gasteiger partial charge in [0.05, 0.1) is 10.6 Å². The predicted octanol–water partition coefficient (Wildman–Crippen LogP) is 4.44. The van der Waals surface area contributed by atoms with E-state index < -0.39 is 10.0 Å². The Morgan fingerprint density at radius 1 is 0.912 bits per heavy atom. The number of fused-ring (bicyclic) bond motifs is 1. The van der Waals surface area contributed by atoms with Crippen molar-refractivity contribution in [3.8, 4) is 0 Å². The normalized spacial score (nSPS) is 18.2. The van der Waals surface area contributed by atoms with Gasteiger partial charge >= 0.3 is 0 Å². The molecule has 0 N–H and O–H groups in total. The average molecular weight is 496 g/mol. The summed E-state index contributed by atoms with van der Waals surface area (Å²) in [6, 6.07) is 21.5. The lowest BCUT2D eigenvalue weighted by Crippen LogP contribution is -2.48. The highest BCUT2D eigenvalue weighted by atomic mass is 35.5. The van der Waals surface area contributed by atoms with Gasteiger partial charge < -0.3 is 9.80 Å². The molecule has 0 unspecified atom stereocenters. The number of benzene rings is 3. The van der Waals surface area contributed by atoms with Crippen LogP contribution in [-0.4, -0.2) is 51.4 Å². The molecule has 5 rings (SSSR count). The number of nitrogens with zero attached hydrogens (tertiary/aromatic N) is 3. The largest absolute Gasteiger partial charge is 0.368 e. The summed E-state index contributed by atoms with van der Waals surface area (Å²) in [5.74, 6) is -0.155. The van der Waals surface area contributed by atoms with Crippen LogP contribution in [0.5, 0.6) is 0 Å². The first kappa shape index (κ1) is 22.7. The van der Waals surface area contributed by atoms with E-state index in [4.69, 9.17) is 11.6 Å². The first-order valence-electron chi connectivity index (χ1n) is 11.4. The molecule has 0 aromatic heterocycles. The van der Waals surface area contributed by atoms with Crippen molar-refractivity contribution < 1.29 is 13.2 Å². The molecule has 176 valence electrons. The Morgan fingerprint density at radius 3 is 2.41 bits per heavy atom. The van der Waals surface area contributed by atoms with Crippen LogP contribution in [0.15, 0.2) is 77.7 Å². The standard InChI is InChI=1S/C26H26ClN3O3S/c1-19-16-20-6-2-3-11-25(20)30(19)34(32,33)24-10-4-7-21(17-24)26(31)29-14-12-28(13-15-29)23-9-5-8-22(27)18-23/h2-11,17-19H,12-16H2,1H3/t19-/m1/s1. The number of anilines is 2. The summed E-state index contributed by atoms with van der Waals surface area (Å²) < 4.78 is 28.6. The number of hydrogen-bond donors (Lipinski definition) is 0. The number of carbonyl (C=O) groups is 1. The molecule has 3 aromatic carbocycles. The van der Waals surface area contributed by atoms with E-state index in [1.54, 1.807) is 23.1 Å². The number of para-hydroxylation sites is 1. The molecule has 2 aliphatic heterocycles. The van der Waals surface area contributed by atoms with Crippen LogP contribution in [0.3, 0.4) is 0 Å². The summed E-state index contributed by atoms with van der Waals surface area (Å²) in [6.07, 6.45) is 0.672. The van der Waals surface area contributed by atoms with E-state index in [0.29, 0.717) is 48.9 Å². The van der Waals surface area contributed by atoms with Crippen LogP contribution in [0.25, 0.3) is 0 Å². The summed E-state index contributed by atoms with van der Waals surface area (Å²) in [7, 11) is -3.80. The Labute approximate surface area is 205 Å². The Bertz CT molecular complexity index is 1340. The molecule has 1 fully saturated rings. The third kappa shape index (κ3) is 4.14. The third-order valence-electron chi connectivity index (χ3n) is 6.52. The number of rotatable bonds is 4. The van der Waals surface area contributed by atoms with E-state index in [1.807, 2.05) is 55.5 Å². The zero-order valence-electron chi connectivity index (χ0n) is 18.9. The van der Waals surface area contributed by atoms with Crippen molar-refractivity contribution in [3.05, 3.63) is 88.9 Å². The quantitative estimate of drug-likeness (QED) is 0.536. The smallest absolute Gasteiger partial charge is 0.264 e. The molecule has 0 radical (unpaired) electrons. The molecular weight excluding hydrogens is 470 g/mol. The van der Waals surface area contributed by atoms with Gasteiger partial charge in [-0.25, -0.2) is 8.42 Å². The third-order valence-corrected chi connectivity index (χ3v) is 8.68. The fourth-order valence-electron chi connectivity index (χ4n) is 4.83. The van der Waals surface area contributed by atoms with Crippen LogP contribution < -0.4 is 9.21 Å². The van der Waals surface area contributed by atoms with Crippen molar-refractivity contribution in [1.82, 2.24) is 4.90 Å². The van der Waals surface area contributed by atoms with Crippen LogP contribution in [0.2, 0.25) is 5.02 Å². The first-order chi connectivity index (χ1) is 16.3. The first-order valence-corrected chi connectivity index (χ1v) is 13.2. The number of hydrogen-bond acceptors (Lipinski definition) is 4. The molecule has 0 saturated carbocycles. The molecule has 3 aromatic rings. The molecule has 0 aliphatic carbocycles. The molecule has 0 bridgehead atoms. The molecule has 2 heterocycles. The molecule has 6 nitrogen and oxygen atoms in total. The molecule has 34 heavy (non-hydrogen) atoms. The molecule has 1 saturated heterocycles. The number of halogens is 1. The topological polar surface area (TPSA) is 60.9 Å². The molecule has 1 amide bonds. The maximum atomic E-state index is 13.6. The minimum Gasteiger partial charge on any atom is -0.368 e. The van der Waals surface area contributed by atoms with Gasteiger partial charge in [-0.3, -0.25) is 9.10 Å². The van der Waals surface area contributed by atoms with Crippen LogP contribution in [0.1, 0.15) is 22.8 Å². The highest BCUT2D eigenvalue weighted by Crippen LogP contribution is 2.36. The van der Waals surface area contributed by atoms with Gasteiger partial charge in [-0.05, 0) is 61.4 Å². The predicted molar refractivity (Wildman–Crippen MR) is 135 cm³/mol. The molecule has 1 atom stereocenters. The Morgan fingerprint density at radius 2 is 1.65 bits per heavy atom. The van der Waals surface area contributed by atoms with E-state index in [0.717, 1.165) is 11.3 Å². The van der Waals surface area contributed by atoms with Crippen molar-refractivity contribution in [2.75, 3.05) is 35.4 Å². The van der Waals surface area contributed by atoms with Gasteiger partial charge in [0.15, 0.2) is 0 Å². The lowest BCUT2D eigenvalue weighted by molar-refractivity contribution is 0.0746. The lowest BCUT2D eigenvalue weighted by atomic mass is 10.1. The lowest BCUT2D eigenvalue weighted by Gasteiger charge is -2.36. The summed E-state index contributed by atoms with van der Waals surface area (Å²) >= 11 is 6.12. The van der Waals surface area contributed by atoms with E-state index in [9.17, 15) is 13.2 Å². The summed E-state index contributed by atoms with van der Waals surface area (Å²) in [5.41, 5.74) is 3.15. The molecular formula is C26H26ClN3O3S. The van der Waals surface area contributed by atoms with Crippen LogP contribution in [-0.2, 0) is 16.4 Å². The van der Waals surface area contributed by atoms with Crippen molar-refractivity contribution in [3.63, 3.8) is 0 Å². The second-order valence-corrected chi connectivity index (χ2v) is 11.0. The van der Waals surface area contributed by atoms with Crippen molar-refractivity contribution in [2.45, 2.75) is 24.3 Å². The zero-order chi connectivity index (χ0) is 23.9. The SMILES string of the molecule is C[C@@H]1Cc2ccccc2N1S(=O)(=O)c1cccc(C(=O)N2CCN(c3cccc(Cl)c3)CC2)c1. The van der Waals surface area contributed by atoms with E-state index in [1.165, 1.54) is 10.4 Å². The number of sulfonamides is 1. The van der Waals surface area contributed by atoms with Crippen molar-refractivity contribution in [1.29, 1.82) is 0 Å². The second kappa shape index (κ2) is 8.96. The maximum absolute atomic E-state index is 13.6. The number of amides is 1. The van der Waals surface area contributed by atoms with E-state index >= 15 is 0 Å². The minimum absolute atomic E-state index is 0.138. The van der Waals surface area contributed by atoms with Gasteiger partial charge in [-0.2, -0.15) is 0 Å². The Kier molecular flexibility index (Phi) is 6.00. The summed E-state index contributed by atoms with van der Waals surface area (Å²) in [5, 5.41) is 0.684. The number of carbonyl (C=O) groups excluding carboxylic acids is 1. The molecule has 0 spiro atoms. The highest BCUT2D eigenvalue weighted by Gasteiger charge is 2.36. The van der Waals surface area contributed by atoms with E-state index in [-0.39, 0.29) is 16.8 Å². The summed E-state index contributed by atoms with van der Waals surface area (Å²) in [6.45, 7) is 4.39. The fourth-order valence-corrected chi connectivity index (χ4v) is 6.75. The van der Waals surface area contributed by atoms with Gasteiger partial charge in [-0.15, -0.1) is 0 Å². The maximum Gasteiger partial charge on any atom is 0.264 e. The van der Waals surface area contributed by atoms with Gasteiger partial charge in [-0.1, -0.05) is 41.9 Å². The van der Waals surface area contributed by atoms with E-state index in [2.05, 4.69) is 4.90 Å². The highest BCUT2D eigenvalue weighted by molar-refractivity contribution is 7.92. The number of piperazine rings is 1. The minimum atomic E-state index is -3.80. The second-order valence-electron chi connectivity index (χ2n) is 8.77. The van der Waals surface area contributed by atoms with Gasteiger partial charge in [0.2, 0.25) is 0 Å². The Hall–Kier alpha value is -3.03. The fraction of sp³-hybridized carbons (Fsp3) is 0.269. The van der Waals surface area contributed by atoms with Crippen LogP contribution in [0.4, 0.5) is 11.4 Å². The van der Waals surface area contributed by atoms with Crippen LogP contribution in [0, 0.1) is 0 Å². The van der Waals surface area contributed by atoms with Gasteiger partial charge in [0.1, 0.15) is 0 Å². The van der Waals surface area contributed by atoms with Gasteiger partial charge in [0, 0.05) is 48.5 Å². The monoisotopic (exact) mass is 495 g/mol. The van der Waals surface area contributed by atoms with Gasteiger partial charge in [0.25, 0.3) is 15.9 Å². The summed E-state index contributed by atoms with van der Waals surface area (Å²) in [4.78, 5) is 17.4. The average Bonchev–Trinajstić information content (AvgIpc) is 3.20.